The van der Waals surface area contributed by atoms with E-state index in [9.17, 15) is 9.59 Å². The highest BCUT2D eigenvalue weighted by atomic mass is 16.6. The summed E-state index contributed by atoms with van der Waals surface area (Å²) in [7, 11) is 0. The minimum atomic E-state index is -0.472. The molecule has 16 heteroatoms. The average Bonchev–Trinajstić information content (AvgIpc) is 3.24. The van der Waals surface area contributed by atoms with Gasteiger partial charge in [-0.25, -0.2) is 9.59 Å². The zero-order valence-electron chi connectivity index (χ0n) is 39.8. The van der Waals surface area contributed by atoms with Crippen molar-refractivity contribution in [3.63, 3.8) is 0 Å². The lowest BCUT2D eigenvalue weighted by molar-refractivity contribution is -0.147. The third-order valence-electron chi connectivity index (χ3n) is 8.50. The molecule has 0 aliphatic heterocycles. The Morgan fingerprint density at radius 3 is 0.639 bits per heavy atom. The minimum Gasteiger partial charge on any atom is -0.460 e. The van der Waals surface area contributed by atoms with Gasteiger partial charge >= 0.3 is 11.9 Å². The van der Waals surface area contributed by atoms with E-state index in [1.54, 1.807) is 6.92 Å². The smallest absolute Gasteiger partial charge is 0.330 e. The van der Waals surface area contributed by atoms with Gasteiger partial charge in [0, 0.05) is 12.2 Å². The van der Waals surface area contributed by atoms with E-state index in [0.29, 0.717) is 72.7 Å². The van der Waals surface area contributed by atoms with Crippen LogP contribution in [0.1, 0.15) is 90.0 Å². The first-order valence-corrected chi connectivity index (χ1v) is 21.8. The molecule has 0 rings (SSSR count). The van der Waals surface area contributed by atoms with Crippen LogP contribution in [-0.4, -0.2) is 177 Å². The summed E-state index contributed by atoms with van der Waals surface area (Å²) in [4.78, 5) is 22.4. The number of rotatable bonds is 41. The highest BCUT2D eigenvalue weighted by molar-refractivity contribution is 5.81. The Morgan fingerprint density at radius 1 is 0.295 bits per heavy atom. The van der Waals surface area contributed by atoms with Crippen LogP contribution in [0.4, 0.5) is 0 Å². The molecular formula is C45H84O16. The van der Waals surface area contributed by atoms with Gasteiger partial charge in [0.2, 0.25) is 0 Å². The Labute approximate surface area is 367 Å². The van der Waals surface area contributed by atoms with E-state index in [2.05, 4.69) is 13.2 Å². The summed E-state index contributed by atoms with van der Waals surface area (Å²) in [5.41, 5.74) is 0. The summed E-state index contributed by atoms with van der Waals surface area (Å²) in [6.45, 7) is 36.8. The summed E-state index contributed by atoms with van der Waals surface area (Å²) >= 11 is 0. The third kappa shape index (κ3) is 36.0. The van der Waals surface area contributed by atoms with Crippen molar-refractivity contribution in [2.45, 2.75) is 169 Å². The fraction of sp³-hybridized carbons (Fsp3) is 0.867. The monoisotopic (exact) mass is 881 g/mol. The number of esters is 2. The van der Waals surface area contributed by atoms with Crippen LogP contribution in [0.2, 0.25) is 0 Å². The molecule has 0 aliphatic rings. The highest BCUT2D eigenvalue weighted by Gasteiger charge is 2.17. The number of ether oxygens (including phenoxy) is 14. The van der Waals surface area contributed by atoms with Crippen molar-refractivity contribution in [3.8, 4) is 0 Å². The third-order valence-corrected chi connectivity index (χ3v) is 8.50. The van der Waals surface area contributed by atoms with Crippen molar-refractivity contribution in [2.24, 2.45) is 0 Å². The molecule has 0 radical (unpaired) electrons. The Bertz CT molecular complexity index is 1110. The first-order valence-electron chi connectivity index (χ1n) is 21.8. The summed E-state index contributed by atoms with van der Waals surface area (Å²) in [6, 6.07) is 0. The zero-order chi connectivity index (χ0) is 46.2. The molecule has 13 atom stereocenters. The summed E-state index contributed by atoms with van der Waals surface area (Å²) in [6.07, 6.45) is 0.272. The van der Waals surface area contributed by atoms with E-state index in [4.69, 9.17) is 66.3 Å². The Kier molecular flexibility index (Phi) is 35.1. The van der Waals surface area contributed by atoms with Gasteiger partial charge in [-0.1, -0.05) is 13.2 Å². The molecule has 0 aliphatic carbocycles. The molecular weight excluding hydrogens is 796 g/mol. The summed E-state index contributed by atoms with van der Waals surface area (Å²) in [5, 5.41) is 0. The predicted octanol–water partition coefficient (Wildman–Crippen LogP) is 5.69. The maximum atomic E-state index is 11.3. The molecule has 0 heterocycles. The van der Waals surface area contributed by atoms with Crippen LogP contribution in [0, 0.1) is 0 Å². The van der Waals surface area contributed by atoms with Gasteiger partial charge in [-0.05, 0) is 90.0 Å². The van der Waals surface area contributed by atoms with Crippen LogP contribution < -0.4 is 0 Å². The Balaban J connectivity index is 3.99. The molecule has 16 nitrogen and oxygen atoms in total. The maximum absolute atomic E-state index is 11.3. The normalized spacial score (nSPS) is 18.3. The van der Waals surface area contributed by atoms with Gasteiger partial charge in [-0.3, -0.25) is 0 Å². The van der Waals surface area contributed by atoms with Crippen LogP contribution >= 0.6 is 0 Å². The van der Waals surface area contributed by atoms with E-state index < -0.39 is 11.9 Å². The van der Waals surface area contributed by atoms with Crippen molar-refractivity contribution in [1.82, 2.24) is 0 Å². The standard InChI is InChI=1S/C45H84O16/c1-16-44(46)60-29-42(14)58-27-40(12)56-25-38(10)54-23-36(8)52-21-34(6)50-19-32(4)48-18-31(3)49-20-33(5)51-22-35(7)53-24-37(9)55-26-39(11)57-28-41(13)59-30-43(15)61-45(47)17-2/h16-17,31-43H,1-2,18-30H2,3-15H3. The van der Waals surface area contributed by atoms with Crippen molar-refractivity contribution in [1.29, 1.82) is 0 Å². The first kappa shape index (κ1) is 58.9. The second-order valence-corrected chi connectivity index (χ2v) is 16.0. The number of carbonyl (C=O) groups is 2. The Morgan fingerprint density at radius 2 is 0.459 bits per heavy atom. The number of hydrogen-bond donors (Lipinski definition) is 0. The van der Waals surface area contributed by atoms with Crippen molar-refractivity contribution >= 4 is 11.9 Å². The van der Waals surface area contributed by atoms with E-state index in [0.717, 1.165) is 12.2 Å². The minimum absolute atomic E-state index is 0.116. The van der Waals surface area contributed by atoms with Crippen LogP contribution in [-0.2, 0) is 75.9 Å². The zero-order valence-corrected chi connectivity index (χ0v) is 39.8. The van der Waals surface area contributed by atoms with E-state index in [-0.39, 0.29) is 92.6 Å². The van der Waals surface area contributed by atoms with Gasteiger partial charge in [0.25, 0.3) is 0 Å². The van der Waals surface area contributed by atoms with Gasteiger partial charge in [-0.15, -0.1) is 0 Å². The average molecular weight is 881 g/mol. The molecule has 0 aromatic heterocycles. The lowest BCUT2D eigenvalue weighted by Crippen LogP contribution is -2.31. The largest absolute Gasteiger partial charge is 0.460 e. The molecule has 0 saturated carbocycles. The molecule has 13 unspecified atom stereocenters. The molecule has 360 valence electrons. The molecule has 0 N–H and O–H groups in total. The highest BCUT2D eigenvalue weighted by Crippen LogP contribution is 2.08. The fourth-order valence-electron chi connectivity index (χ4n) is 4.71. The second-order valence-electron chi connectivity index (χ2n) is 16.0. The van der Waals surface area contributed by atoms with E-state index in [1.807, 2.05) is 83.1 Å². The van der Waals surface area contributed by atoms with Crippen LogP contribution in [0.3, 0.4) is 0 Å². The molecule has 0 fully saturated rings. The molecule has 0 spiro atoms. The second kappa shape index (κ2) is 36.3. The van der Waals surface area contributed by atoms with Crippen molar-refractivity contribution in [2.75, 3.05) is 85.9 Å². The van der Waals surface area contributed by atoms with Crippen LogP contribution in [0.15, 0.2) is 25.3 Å². The fourth-order valence-corrected chi connectivity index (χ4v) is 4.71. The maximum Gasteiger partial charge on any atom is 0.330 e. The van der Waals surface area contributed by atoms with Crippen LogP contribution in [0.5, 0.6) is 0 Å². The molecule has 0 bridgehead atoms. The molecule has 0 amide bonds. The van der Waals surface area contributed by atoms with E-state index in [1.165, 1.54) is 0 Å². The number of hydrogen-bond acceptors (Lipinski definition) is 16. The predicted molar refractivity (Wildman–Crippen MR) is 232 cm³/mol. The molecule has 0 aromatic carbocycles. The SMILES string of the molecule is C=CC(=O)OCC(C)OCC(C)OCC(C)OCC(C)OCC(C)OCC(C)OCC(C)OCC(C)OCC(C)OCC(C)OCC(C)OCC(C)OCC(C)OC(=O)C=C. The first-order chi connectivity index (χ1) is 28.8. The molecule has 0 saturated heterocycles. The van der Waals surface area contributed by atoms with Gasteiger partial charge in [0.15, 0.2) is 0 Å². The van der Waals surface area contributed by atoms with Gasteiger partial charge in [0.1, 0.15) is 12.7 Å². The van der Waals surface area contributed by atoms with Gasteiger partial charge in [0.05, 0.1) is 153 Å². The lowest BCUT2D eigenvalue weighted by atomic mass is 10.3. The quantitative estimate of drug-likeness (QED) is 0.0543. The Hall–Kier alpha value is -2.06. The summed E-state index contributed by atoms with van der Waals surface area (Å²) < 4.78 is 80.6. The molecule has 0 aromatic rings. The number of carbonyl (C=O) groups excluding carboxylic acids is 2. The lowest BCUT2D eigenvalue weighted by Gasteiger charge is -2.23. The van der Waals surface area contributed by atoms with Crippen molar-refractivity contribution < 1.29 is 75.9 Å². The van der Waals surface area contributed by atoms with Crippen molar-refractivity contribution in [3.05, 3.63) is 25.3 Å². The molecule has 61 heavy (non-hydrogen) atoms. The summed E-state index contributed by atoms with van der Waals surface area (Å²) in [5.74, 6) is -0.945. The van der Waals surface area contributed by atoms with Crippen LogP contribution in [0.25, 0.3) is 0 Å². The van der Waals surface area contributed by atoms with Gasteiger partial charge in [-0.2, -0.15) is 0 Å². The van der Waals surface area contributed by atoms with Gasteiger partial charge < -0.3 is 66.3 Å². The van der Waals surface area contributed by atoms with E-state index >= 15 is 0 Å². The topological polar surface area (TPSA) is 163 Å².